The molecular weight excluding hydrogens is 377 g/mol. The van der Waals surface area contributed by atoms with Crippen LogP contribution in [0.5, 0.6) is 5.75 Å². The maximum Gasteiger partial charge on any atom is 0.343 e. The van der Waals surface area contributed by atoms with E-state index in [1.807, 2.05) is 0 Å². The minimum atomic E-state index is -3.83. The minimum Gasteiger partial charge on any atom is -0.480 e. The molecule has 9 heteroatoms. The van der Waals surface area contributed by atoms with Gasteiger partial charge in [-0.3, -0.25) is 4.72 Å². The first-order valence-electron chi connectivity index (χ1n) is 6.59. The molecule has 0 saturated heterocycles. The molecule has 0 fully saturated rings. The van der Waals surface area contributed by atoms with Crippen LogP contribution in [0.25, 0.3) is 0 Å². The number of rotatable bonds is 6. The van der Waals surface area contributed by atoms with Crippen molar-refractivity contribution in [3.8, 4) is 5.75 Å². The third-order valence-corrected chi connectivity index (χ3v) is 4.81. The molecule has 0 aromatic heterocycles. The van der Waals surface area contributed by atoms with Crippen molar-refractivity contribution < 1.29 is 22.7 Å². The summed E-state index contributed by atoms with van der Waals surface area (Å²) in [7, 11) is -2.60. The summed E-state index contributed by atoms with van der Waals surface area (Å²) in [6, 6.07) is 10.1. The molecule has 0 unspecified atom stereocenters. The number of hydrogen-bond donors (Lipinski definition) is 1. The second-order valence-corrected chi connectivity index (χ2v) is 7.10. The van der Waals surface area contributed by atoms with Crippen LogP contribution in [-0.4, -0.2) is 28.1 Å². The number of nitrogens with one attached hydrogen (secondary N) is 1. The molecule has 0 aliphatic carbocycles. The van der Waals surface area contributed by atoms with E-state index in [0.29, 0.717) is 10.7 Å². The fraction of sp³-hybridized carbons (Fsp3) is 0.133. The predicted molar refractivity (Wildman–Crippen MR) is 91.2 cm³/mol. The van der Waals surface area contributed by atoms with Crippen molar-refractivity contribution in [1.82, 2.24) is 0 Å². The minimum absolute atomic E-state index is 0.0483. The third kappa shape index (κ3) is 4.77. The van der Waals surface area contributed by atoms with E-state index >= 15 is 0 Å². The molecule has 2 rings (SSSR count). The van der Waals surface area contributed by atoms with Crippen molar-refractivity contribution >= 4 is 44.9 Å². The molecule has 1 N–H and O–H groups in total. The first kappa shape index (κ1) is 18.4. The van der Waals surface area contributed by atoms with Crippen LogP contribution in [0.3, 0.4) is 0 Å². The van der Waals surface area contributed by atoms with Crippen LogP contribution in [0, 0.1) is 0 Å². The number of methoxy groups -OCH3 is 1. The lowest BCUT2D eigenvalue weighted by molar-refractivity contribution is -0.142. The number of carbonyl (C=O) groups is 1. The lowest BCUT2D eigenvalue weighted by Crippen LogP contribution is -2.14. The van der Waals surface area contributed by atoms with Gasteiger partial charge in [-0.15, -0.1) is 0 Å². The topological polar surface area (TPSA) is 81.7 Å². The van der Waals surface area contributed by atoms with Crippen LogP contribution < -0.4 is 9.46 Å². The van der Waals surface area contributed by atoms with Gasteiger partial charge in [0.2, 0.25) is 0 Å². The summed E-state index contributed by atoms with van der Waals surface area (Å²) >= 11 is 11.8. The van der Waals surface area contributed by atoms with E-state index < -0.39 is 16.0 Å². The fourth-order valence-corrected chi connectivity index (χ4v) is 3.20. The molecule has 2 aromatic carbocycles. The summed E-state index contributed by atoms with van der Waals surface area (Å²) in [5.41, 5.74) is 0.363. The van der Waals surface area contributed by atoms with E-state index in [2.05, 4.69) is 9.46 Å². The van der Waals surface area contributed by atoms with Crippen molar-refractivity contribution in [1.29, 1.82) is 0 Å². The zero-order valence-electron chi connectivity index (χ0n) is 12.5. The van der Waals surface area contributed by atoms with Gasteiger partial charge in [-0.2, -0.15) is 0 Å². The largest absolute Gasteiger partial charge is 0.480 e. The van der Waals surface area contributed by atoms with Crippen molar-refractivity contribution in [2.24, 2.45) is 0 Å². The zero-order valence-corrected chi connectivity index (χ0v) is 14.8. The molecule has 0 bridgehead atoms. The molecular formula is C15H13Cl2NO5S. The Balaban J connectivity index is 2.17. The molecule has 0 spiro atoms. The number of benzene rings is 2. The van der Waals surface area contributed by atoms with Gasteiger partial charge in [0.05, 0.1) is 17.0 Å². The average Bonchev–Trinajstić information content (AvgIpc) is 2.55. The van der Waals surface area contributed by atoms with E-state index in [1.165, 1.54) is 37.4 Å². The summed E-state index contributed by atoms with van der Waals surface area (Å²) in [6.07, 6.45) is 0. The van der Waals surface area contributed by atoms with Crippen LogP contribution in [0.15, 0.2) is 47.4 Å². The average molecular weight is 390 g/mol. The molecule has 0 heterocycles. The van der Waals surface area contributed by atoms with Gasteiger partial charge < -0.3 is 9.47 Å². The molecule has 0 aliphatic heterocycles. The van der Waals surface area contributed by atoms with Gasteiger partial charge in [-0.05, 0) is 42.5 Å². The van der Waals surface area contributed by atoms with Gasteiger partial charge >= 0.3 is 5.97 Å². The van der Waals surface area contributed by atoms with Crippen LogP contribution in [0.1, 0.15) is 0 Å². The van der Waals surface area contributed by atoms with Gasteiger partial charge in [0.1, 0.15) is 5.75 Å². The highest BCUT2D eigenvalue weighted by Gasteiger charge is 2.17. The van der Waals surface area contributed by atoms with E-state index in [0.717, 1.165) is 0 Å². The molecule has 2 aromatic rings. The van der Waals surface area contributed by atoms with Gasteiger partial charge in [0.25, 0.3) is 10.0 Å². The second-order valence-electron chi connectivity index (χ2n) is 4.57. The number of carbonyl (C=O) groups excluding carboxylic acids is 1. The normalized spacial score (nSPS) is 11.0. The van der Waals surface area contributed by atoms with E-state index in [1.54, 1.807) is 12.1 Å². The van der Waals surface area contributed by atoms with Gasteiger partial charge in [-0.25, -0.2) is 13.2 Å². The quantitative estimate of drug-likeness (QED) is 0.766. The monoisotopic (exact) mass is 389 g/mol. The van der Waals surface area contributed by atoms with Crippen molar-refractivity contribution in [3.05, 3.63) is 52.5 Å². The van der Waals surface area contributed by atoms with E-state index in [4.69, 9.17) is 27.9 Å². The predicted octanol–water partition coefficient (Wildman–Crippen LogP) is 3.35. The first-order valence-corrected chi connectivity index (χ1v) is 8.83. The molecule has 0 aliphatic rings. The maximum atomic E-state index is 12.3. The van der Waals surface area contributed by atoms with Crippen LogP contribution in [0.4, 0.5) is 5.69 Å². The maximum absolute atomic E-state index is 12.3. The van der Waals surface area contributed by atoms with Crippen LogP contribution in [0.2, 0.25) is 10.0 Å². The molecule has 0 radical (unpaired) electrons. The number of hydrogen-bond acceptors (Lipinski definition) is 5. The van der Waals surface area contributed by atoms with Crippen LogP contribution in [-0.2, 0) is 19.6 Å². The summed E-state index contributed by atoms with van der Waals surface area (Å²) in [4.78, 5) is 11.0. The highest BCUT2D eigenvalue weighted by Crippen LogP contribution is 2.28. The summed E-state index contributed by atoms with van der Waals surface area (Å²) < 4.78 is 36.7. The Labute approximate surface area is 149 Å². The molecule has 24 heavy (non-hydrogen) atoms. The highest BCUT2D eigenvalue weighted by atomic mass is 35.5. The number of esters is 1. The number of anilines is 1. The lowest BCUT2D eigenvalue weighted by atomic mass is 10.3. The first-order chi connectivity index (χ1) is 11.3. The Morgan fingerprint density at radius 3 is 2.38 bits per heavy atom. The summed E-state index contributed by atoms with van der Waals surface area (Å²) in [6.45, 7) is -0.328. The summed E-state index contributed by atoms with van der Waals surface area (Å²) in [5, 5.41) is 0.547. The fourth-order valence-electron chi connectivity index (χ4n) is 1.69. The number of ether oxygens (including phenoxy) is 2. The van der Waals surface area contributed by atoms with Crippen molar-refractivity contribution in [2.75, 3.05) is 18.4 Å². The Hall–Kier alpha value is -1.96. The van der Waals surface area contributed by atoms with Crippen LogP contribution >= 0.6 is 23.2 Å². The van der Waals surface area contributed by atoms with Gasteiger partial charge in [0, 0.05) is 10.7 Å². The van der Waals surface area contributed by atoms with Gasteiger partial charge in [0.15, 0.2) is 6.61 Å². The molecule has 128 valence electrons. The third-order valence-electron chi connectivity index (χ3n) is 2.88. The Kier molecular flexibility index (Phi) is 5.93. The molecule has 0 atom stereocenters. The van der Waals surface area contributed by atoms with E-state index in [-0.39, 0.29) is 22.3 Å². The zero-order chi connectivity index (χ0) is 17.7. The lowest BCUT2D eigenvalue weighted by Gasteiger charge is -2.11. The standard InChI is InChI=1S/C15H13Cl2NO5S/c1-22-15(19)9-23-14-7-6-12(8-13(14)17)24(20,21)18-11-4-2-10(16)3-5-11/h2-8,18H,9H2,1H3. The Morgan fingerprint density at radius 2 is 1.79 bits per heavy atom. The van der Waals surface area contributed by atoms with Crippen molar-refractivity contribution in [2.45, 2.75) is 4.90 Å². The Morgan fingerprint density at radius 1 is 1.12 bits per heavy atom. The number of halogens is 2. The molecule has 0 amide bonds. The second kappa shape index (κ2) is 7.74. The smallest absolute Gasteiger partial charge is 0.343 e. The van der Waals surface area contributed by atoms with Gasteiger partial charge in [-0.1, -0.05) is 23.2 Å². The molecule has 0 saturated carbocycles. The Bertz CT molecular complexity index is 837. The summed E-state index contributed by atoms with van der Waals surface area (Å²) in [5.74, 6) is -0.403. The highest BCUT2D eigenvalue weighted by molar-refractivity contribution is 7.92. The van der Waals surface area contributed by atoms with Crippen molar-refractivity contribution in [3.63, 3.8) is 0 Å². The van der Waals surface area contributed by atoms with E-state index in [9.17, 15) is 13.2 Å². The number of sulfonamides is 1. The SMILES string of the molecule is COC(=O)COc1ccc(S(=O)(=O)Nc2ccc(Cl)cc2)cc1Cl. The molecule has 6 nitrogen and oxygen atoms in total.